The third-order valence-corrected chi connectivity index (χ3v) is 2.43. The molecule has 0 aliphatic heterocycles. The molecule has 1 aromatic carbocycles. The van der Waals surface area contributed by atoms with Crippen molar-refractivity contribution in [2.75, 3.05) is 13.7 Å². The van der Waals surface area contributed by atoms with Gasteiger partial charge in [0, 0.05) is 5.56 Å². The van der Waals surface area contributed by atoms with Crippen molar-refractivity contribution in [2.24, 2.45) is 0 Å². The fourth-order valence-corrected chi connectivity index (χ4v) is 1.64. The van der Waals surface area contributed by atoms with Crippen LogP contribution in [0.15, 0.2) is 18.2 Å². The van der Waals surface area contributed by atoms with Crippen molar-refractivity contribution in [1.82, 2.24) is 15.2 Å². The maximum absolute atomic E-state index is 5.44. The Bertz CT molecular complexity index is 562. The van der Waals surface area contributed by atoms with Gasteiger partial charge in [-0.3, -0.25) is 10.2 Å². The summed E-state index contributed by atoms with van der Waals surface area (Å²) in [7, 11) is 1.61. The Labute approximate surface area is 104 Å². The van der Waals surface area contributed by atoms with Crippen LogP contribution in [0, 0.1) is 4.77 Å². The first-order valence-electron chi connectivity index (χ1n) is 5.20. The van der Waals surface area contributed by atoms with Crippen LogP contribution in [0.5, 0.6) is 11.5 Å². The van der Waals surface area contributed by atoms with Crippen LogP contribution in [0.4, 0.5) is 0 Å². The number of hydrogen-bond donors (Lipinski definition) is 2. The van der Waals surface area contributed by atoms with E-state index in [1.165, 1.54) is 0 Å². The van der Waals surface area contributed by atoms with Crippen molar-refractivity contribution < 1.29 is 9.47 Å². The Morgan fingerprint density at radius 1 is 1.29 bits per heavy atom. The molecule has 0 aliphatic carbocycles. The molecule has 1 aromatic heterocycles. The van der Waals surface area contributed by atoms with Crippen LogP contribution < -0.4 is 9.47 Å². The summed E-state index contributed by atoms with van der Waals surface area (Å²) < 4.78 is 11.1. The molecular weight excluding hydrogens is 238 g/mol. The molecule has 0 bridgehead atoms. The number of hydrogen-bond acceptors (Lipinski definition) is 4. The molecule has 0 saturated heterocycles. The van der Waals surface area contributed by atoms with Crippen LogP contribution >= 0.6 is 12.2 Å². The van der Waals surface area contributed by atoms with Crippen molar-refractivity contribution in [2.45, 2.75) is 6.92 Å². The van der Waals surface area contributed by atoms with E-state index in [4.69, 9.17) is 21.7 Å². The highest BCUT2D eigenvalue weighted by molar-refractivity contribution is 7.71. The number of nitrogens with zero attached hydrogens (tertiary/aromatic N) is 1. The minimum atomic E-state index is 0.424. The average Bonchev–Trinajstić information content (AvgIpc) is 2.77. The average molecular weight is 251 g/mol. The van der Waals surface area contributed by atoms with Gasteiger partial charge in [-0.15, -0.1) is 0 Å². The standard InChI is InChI=1S/C11H13N3O2S/c1-3-16-8-5-4-7(6-9(8)15-2)10-12-11(17)14-13-10/h4-6H,3H2,1-2H3,(H2,12,13,14,17). The number of rotatable bonds is 4. The molecule has 0 unspecified atom stereocenters. The molecule has 17 heavy (non-hydrogen) atoms. The first-order valence-corrected chi connectivity index (χ1v) is 5.61. The van der Waals surface area contributed by atoms with Gasteiger partial charge in [0.15, 0.2) is 17.3 Å². The largest absolute Gasteiger partial charge is 0.493 e. The maximum Gasteiger partial charge on any atom is 0.213 e. The van der Waals surface area contributed by atoms with Crippen molar-refractivity contribution >= 4 is 12.2 Å². The molecule has 2 aromatic rings. The quantitative estimate of drug-likeness (QED) is 0.820. The third kappa shape index (κ3) is 2.47. The molecule has 0 amide bonds. The molecule has 0 radical (unpaired) electrons. The fraction of sp³-hybridized carbons (Fsp3) is 0.273. The van der Waals surface area contributed by atoms with Crippen molar-refractivity contribution in [3.8, 4) is 22.9 Å². The predicted octanol–water partition coefficient (Wildman–Crippen LogP) is 2.54. The van der Waals surface area contributed by atoms with Gasteiger partial charge in [0.2, 0.25) is 4.77 Å². The van der Waals surface area contributed by atoms with Crippen LogP contribution in [0.1, 0.15) is 6.92 Å². The molecule has 0 aliphatic rings. The van der Waals surface area contributed by atoms with E-state index >= 15 is 0 Å². The second-order valence-corrected chi connectivity index (χ2v) is 3.70. The number of nitrogens with one attached hydrogen (secondary N) is 2. The van der Waals surface area contributed by atoms with Crippen LogP contribution in [0.25, 0.3) is 11.4 Å². The van der Waals surface area contributed by atoms with Gasteiger partial charge in [0.25, 0.3) is 0 Å². The van der Waals surface area contributed by atoms with E-state index in [0.717, 1.165) is 5.56 Å². The number of methoxy groups -OCH3 is 1. The lowest BCUT2D eigenvalue weighted by Gasteiger charge is -2.09. The maximum atomic E-state index is 5.44. The smallest absolute Gasteiger partial charge is 0.213 e. The topological polar surface area (TPSA) is 62.9 Å². The van der Waals surface area contributed by atoms with Crippen LogP contribution in [-0.4, -0.2) is 28.9 Å². The summed E-state index contributed by atoms with van der Waals surface area (Å²) in [6, 6.07) is 5.60. The number of aromatic amines is 2. The summed E-state index contributed by atoms with van der Waals surface area (Å²) >= 11 is 4.91. The summed E-state index contributed by atoms with van der Waals surface area (Å²) in [5, 5.41) is 5.64. The highest BCUT2D eigenvalue weighted by Gasteiger charge is 2.08. The van der Waals surface area contributed by atoms with Gasteiger partial charge < -0.3 is 9.47 Å². The normalized spacial score (nSPS) is 10.2. The Kier molecular flexibility index (Phi) is 3.43. The van der Waals surface area contributed by atoms with Gasteiger partial charge >= 0.3 is 0 Å². The number of benzene rings is 1. The van der Waals surface area contributed by atoms with Crippen molar-refractivity contribution in [3.63, 3.8) is 0 Å². The molecule has 90 valence electrons. The zero-order chi connectivity index (χ0) is 12.3. The lowest BCUT2D eigenvalue weighted by molar-refractivity contribution is 0.311. The summed E-state index contributed by atoms with van der Waals surface area (Å²) in [6.45, 7) is 2.53. The lowest BCUT2D eigenvalue weighted by Crippen LogP contribution is -1.95. The van der Waals surface area contributed by atoms with E-state index in [1.54, 1.807) is 7.11 Å². The molecule has 0 spiro atoms. The third-order valence-electron chi connectivity index (χ3n) is 2.24. The lowest BCUT2D eigenvalue weighted by atomic mass is 10.2. The first kappa shape index (κ1) is 11.7. The minimum Gasteiger partial charge on any atom is -0.493 e. The van der Waals surface area contributed by atoms with Gasteiger partial charge in [-0.2, -0.15) is 4.98 Å². The molecule has 6 heteroatoms. The van der Waals surface area contributed by atoms with E-state index in [1.807, 2.05) is 25.1 Å². The Morgan fingerprint density at radius 3 is 2.71 bits per heavy atom. The molecule has 1 heterocycles. The van der Waals surface area contributed by atoms with Crippen LogP contribution in [0.3, 0.4) is 0 Å². The van der Waals surface area contributed by atoms with Crippen LogP contribution in [-0.2, 0) is 0 Å². The van der Waals surface area contributed by atoms with Gasteiger partial charge in [-0.25, -0.2) is 0 Å². The second kappa shape index (κ2) is 5.01. The van der Waals surface area contributed by atoms with E-state index < -0.39 is 0 Å². The fourth-order valence-electron chi connectivity index (χ4n) is 1.50. The number of ether oxygens (including phenoxy) is 2. The van der Waals surface area contributed by atoms with E-state index in [2.05, 4.69) is 15.2 Å². The highest BCUT2D eigenvalue weighted by Crippen LogP contribution is 2.31. The van der Waals surface area contributed by atoms with E-state index in [-0.39, 0.29) is 0 Å². The number of H-pyrrole nitrogens is 2. The molecule has 5 nitrogen and oxygen atoms in total. The Morgan fingerprint density at radius 2 is 2.12 bits per heavy atom. The summed E-state index contributed by atoms with van der Waals surface area (Å²) in [5.74, 6) is 2.07. The molecule has 0 saturated carbocycles. The van der Waals surface area contributed by atoms with Crippen molar-refractivity contribution in [1.29, 1.82) is 0 Å². The van der Waals surface area contributed by atoms with Crippen molar-refractivity contribution in [3.05, 3.63) is 23.0 Å². The van der Waals surface area contributed by atoms with E-state index in [0.29, 0.717) is 28.7 Å². The first-order chi connectivity index (χ1) is 8.24. The molecule has 0 atom stereocenters. The Balaban J connectivity index is 2.40. The van der Waals surface area contributed by atoms with Gasteiger partial charge in [-0.1, -0.05) is 0 Å². The molecule has 2 rings (SSSR count). The van der Waals surface area contributed by atoms with Gasteiger partial charge in [0.1, 0.15) is 0 Å². The zero-order valence-corrected chi connectivity index (χ0v) is 10.4. The Hall–Kier alpha value is -1.82. The van der Waals surface area contributed by atoms with Gasteiger partial charge in [0.05, 0.1) is 13.7 Å². The van der Waals surface area contributed by atoms with Gasteiger partial charge in [-0.05, 0) is 37.3 Å². The summed E-state index contributed by atoms with van der Waals surface area (Å²) in [6.07, 6.45) is 0. The zero-order valence-electron chi connectivity index (χ0n) is 9.61. The summed E-state index contributed by atoms with van der Waals surface area (Å²) in [5.41, 5.74) is 0.887. The van der Waals surface area contributed by atoms with E-state index in [9.17, 15) is 0 Å². The number of aromatic nitrogens is 3. The minimum absolute atomic E-state index is 0.424. The monoisotopic (exact) mass is 251 g/mol. The summed E-state index contributed by atoms with van der Waals surface area (Å²) in [4.78, 5) is 4.14. The SMILES string of the molecule is CCOc1ccc(-c2nc(=S)[nH][nH]2)cc1OC. The predicted molar refractivity (Wildman–Crippen MR) is 66.9 cm³/mol. The molecule has 0 fully saturated rings. The molecule has 2 N–H and O–H groups in total. The molecular formula is C11H13N3O2S. The second-order valence-electron chi connectivity index (χ2n) is 3.31. The highest BCUT2D eigenvalue weighted by atomic mass is 32.1. The van der Waals surface area contributed by atoms with Crippen LogP contribution in [0.2, 0.25) is 0 Å².